The Kier molecular flexibility index (Phi) is 6.89. The number of halogens is 1. The lowest BCUT2D eigenvalue weighted by Crippen LogP contribution is -2.29. The summed E-state index contributed by atoms with van der Waals surface area (Å²) in [5, 5.41) is 16.1. The summed E-state index contributed by atoms with van der Waals surface area (Å²) >= 11 is 0. The van der Waals surface area contributed by atoms with Crippen molar-refractivity contribution in [3.8, 4) is 23.0 Å². The highest BCUT2D eigenvalue weighted by Gasteiger charge is 2.28. The third-order valence-corrected chi connectivity index (χ3v) is 6.27. The van der Waals surface area contributed by atoms with Gasteiger partial charge < -0.3 is 16.0 Å². The summed E-state index contributed by atoms with van der Waals surface area (Å²) in [5.41, 5.74) is 7.44. The van der Waals surface area contributed by atoms with E-state index in [0.29, 0.717) is 16.9 Å². The van der Waals surface area contributed by atoms with E-state index in [0.717, 1.165) is 6.04 Å². The van der Waals surface area contributed by atoms with Gasteiger partial charge in [-0.15, -0.1) is 0 Å². The van der Waals surface area contributed by atoms with Crippen molar-refractivity contribution in [3.63, 3.8) is 0 Å². The molecule has 1 fully saturated rings. The van der Waals surface area contributed by atoms with Crippen LogP contribution in [0.4, 0.5) is 10.2 Å². The molecule has 1 amide bonds. The fraction of sp³-hybridized carbons (Fsp3) is 0.360. The normalized spacial score (nSPS) is 15.3. The number of anilines is 1. The van der Waals surface area contributed by atoms with Crippen LogP contribution in [-0.4, -0.2) is 45.7 Å². The molecule has 0 spiro atoms. The monoisotopic (exact) mass is 461 g/mol. The number of aromatic nitrogens is 3. The van der Waals surface area contributed by atoms with Gasteiger partial charge in [-0.3, -0.25) is 4.79 Å². The maximum atomic E-state index is 14.4. The molecule has 1 saturated carbocycles. The predicted molar refractivity (Wildman–Crippen MR) is 128 cm³/mol. The molecule has 1 aliphatic heterocycles. The second-order valence-corrected chi connectivity index (χ2v) is 8.75. The van der Waals surface area contributed by atoms with Crippen LogP contribution in [0.25, 0.3) is 16.9 Å². The van der Waals surface area contributed by atoms with Crippen LogP contribution in [-0.2, 0) is 6.54 Å². The summed E-state index contributed by atoms with van der Waals surface area (Å²) in [6.07, 6.45) is 8.81. The van der Waals surface area contributed by atoms with E-state index in [9.17, 15) is 14.4 Å². The van der Waals surface area contributed by atoms with Crippen molar-refractivity contribution < 1.29 is 9.18 Å². The molecule has 0 unspecified atom stereocenters. The molecule has 0 bridgehead atoms. The first-order chi connectivity index (χ1) is 16.4. The molecule has 8 nitrogen and oxygen atoms in total. The molecule has 1 aromatic carbocycles. The number of rotatable bonds is 3. The number of fused-ring (bicyclic) bond motifs is 1. The Balaban J connectivity index is 0.000000257. The number of nitrogen functional groups attached to an aromatic ring is 1. The molecule has 5 rings (SSSR count). The molecule has 2 aliphatic rings. The number of carbonyl (C=O) groups excluding carboxylic acids is 1. The zero-order valence-electron chi connectivity index (χ0n) is 19.4. The minimum absolute atomic E-state index is 0.0912. The van der Waals surface area contributed by atoms with E-state index in [4.69, 9.17) is 5.73 Å². The highest BCUT2D eigenvalue weighted by Crippen LogP contribution is 2.31. The van der Waals surface area contributed by atoms with Crippen molar-refractivity contribution in [1.82, 2.24) is 25.0 Å². The highest BCUT2D eigenvalue weighted by molar-refractivity contribution is 6.01. The number of amides is 1. The van der Waals surface area contributed by atoms with E-state index in [1.54, 1.807) is 12.3 Å². The van der Waals surface area contributed by atoms with Crippen LogP contribution < -0.4 is 11.1 Å². The van der Waals surface area contributed by atoms with Gasteiger partial charge in [0, 0.05) is 18.3 Å². The van der Waals surface area contributed by atoms with Gasteiger partial charge >= 0.3 is 0 Å². The second kappa shape index (κ2) is 10.0. The van der Waals surface area contributed by atoms with Gasteiger partial charge in [-0.05, 0) is 45.1 Å². The Bertz CT molecular complexity index is 1240. The first kappa shape index (κ1) is 23.4. The fourth-order valence-electron chi connectivity index (χ4n) is 4.47. The fourth-order valence-corrected chi connectivity index (χ4v) is 4.47. The number of pyridine rings is 1. The molecule has 0 atom stereocenters. The molecular formula is C25H28FN7O. The van der Waals surface area contributed by atoms with Gasteiger partial charge in [-0.25, -0.2) is 14.1 Å². The van der Waals surface area contributed by atoms with Gasteiger partial charge in [0.2, 0.25) is 0 Å². The summed E-state index contributed by atoms with van der Waals surface area (Å²) < 4.78 is 15.8. The minimum atomic E-state index is -0.560. The lowest BCUT2D eigenvalue weighted by Gasteiger charge is -2.27. The van der Waals surface area contributed by atoms with Crippen LogP contribution >= 0.6 is 0 Å². The van der Waals surface area contributed by atoms with Crippen molar-refractivity contribution in [1.29, 1.82) is 5.26 Å². The number of nitriles is 1. The Morgan fingerprint density at radius 3 is 2.59 bits per heavy atom. The highest BCUT2D eigenvalue weighted by atomic mass is 19.1. The summed E-state index contributed by atoms with van der Waals surface area (Å²) in [5.74, 6) is -0.559. The smallest absolute Gasteiger partial charge is 0.255 e. The first-order valence-corrected chi connectivity index (χ1v) is 11.4. The largest absolute Gasteiger partial charge is 0.382 e. The van der Waals surface area contributed by atoms with Gasteiger partial charge in [-0.1, -0.05) is 25.3 Å². The maximum absolute atomic E-state index is 14.4. The standard InChI is InChI=1S/C17H11FN6O.C8H17N/c18-10-3-1-2-9(7-19)15(10)11-6-13(24-5-4-14(20)23-24)16-12(22-11)8-21-17(16)25;1-9(2)8-6-4-3-5-7-8/h1-6H,8H2,(H2,20,23)(H,21,25);8H,3-7H2,1-2H3. The zero-order valence-corrected chi connectivity index (χ0v) is 19.4. The maximum Gasteiger partial charge on any atom is 0.255 e. The number of nitrogens with two attached hydrogens (primary N) is 1. The van der Waals surface area contributed by atoms with Crippen molar-refractivity contribution >= 4 is 11.7 Å². The SMILES string of the molecule is CN(C)C1CCCCC1.N#Cc1cccc(F)c1-c1cc(-n2ccc(N)n2)c2c(n1)CNC2=O. The number of carbonyl (C=O) groups is 1. The number of nitrogens with zero attached hydrogens (tertiary/aromatic N) is 5. The Labute approximate surface area is 198 Å². The van der Waals surface area contributed by atoms with Crippen LogP contribution in [0.3, 0.4) is 0 Å². The molecule has 34 heavy (non-hydrogen) atoms. The second-order valence-electron chi connectivity index (χ2n) is 8.75. The lowest BCUT2D eigenvalue weighted by atomic mass is 9.95. The Morgan fingerprint density at radius 1 is 1.21 bits per heavy atom. The van der Waals surface area contributed by atoms with Crippen molar-refractivity contribution in [2.24, 2.45) is 0 Å². The van der Waals surface area contributed by atoms with E-state index in [-0.39, 0.29) is 35.1 Å². The third-order valence-electron chi connectivity index (χ3n) is 6.27. The van der Waals surface area contributed by atoms with Crippen LogP contribution in [0.15, 0.2) is 36.5 Å². The Hall–Kier alpha value is -3.77. The van der Waals surface area contributed by atoms with E-state index in [2.05, 4.69) is 34.4 Å². The van der Waals surface area contributed by atoms with Gasteiger partial charge in [0.25, 0.3) is 5.91 Å². The number of hydrogen-bond acceptors (Lipinski definition) is 6. The number of nitrogens with one attached hydrogen (secondary N) is 1. The van der Waals surface area contributed by atoms with Gasteiger partial charge in [0.05, 0.1) is 46.4 Å². The molecule has 1 aliphatic carbocycles. The molecule has 3 N–H and O–H groups in total. The molecule has 9 heteroatoms. The van der Waals surface area contributed by atoms with Crippen LogP contribution in [0.2, 0.25) is 0 Å². The third kappa shape index (κ3) is 4.77. The summed E-state index contributed by atoms with van der Waals surface area (Å²) in [6, 6.07) is 10.2. The molecule has 176 valence electrons. The molecule has 0 radical (unpaired) electrons. The van der Waals surface area contributed by atoms with E-state index >= 15 is 0 Å². The van der Waals surface area contributed by atoms with Crippen molar-refractivity contribution in [3.05, 3.63) is 59.2 Å². The van der Waals surface area contributed by atoms with E-state index in [1.807, 2.05) is 6.07 Å². The predicted octanol–water partition coefficient (Wildman–Crippen LogP) is 3.65. The summed E-state index contributed by atoms with van der Waals surface area (Å²) in [4.78, 5) is 18.9. The van der Waals surface area contributed by atoms with Crippen molar-refractivity contribution in [2.45, 2.75) is 44.7 Å². The van der Waals surface area contributed by atoms with E-state index in [1.165, 1.54) is 61.1 Å². The molecule has 2 aromatic heterocycles. The summed E-state index contributed by atoms with van der Waals surface area (Å²) in [7, 11) is 4.38. The van der Waals surface area contributed by atoms with Gasteiger partial charge in [0.15, 0.2) is 0 Å². The first-order valence-electron chi connectivity index (χ1n) is 11.4. The summed E-state index contributed by atoms with van der Waals surface area (Å²) in [6.45, 7) is 0.224. The van der Waals surface area contributed by atoms with Crippen molar-refractivity contribution in [2.75, 3.05) is 19.8 Å². The number of hydrogen-bond donors (Lipinski definition) is 2. The average Bonchev–Trinajstić information content (AvgIpc) is 3.45. The number of benzene rings is 1. The van der Waals surface area contributed by atoms with E-state index < -0.39 is 5.82 Å². The quantitative estimate of drug-likeness (QED) is 0.616. The average molecular weight is 462 g/mol. The topological polar surface area (TPSA) is 113 Å². The van der Waals surface area contributed by atoms with Crippen LogP contribution in [0.1, 0.15) is 53.7 Å². The van der Waals surface area contributed by atoms with Crippen LogP contribution in [0.5, 0.6) is 0 Å². The zero-order chi connectivity index (χ0) is 24.2. The lowest BCUT2D eigenvalue weighted by molar-refractivity contribution is 0.0965. The minimum Gasteiger partial charge on any atom is -0.382 e. The Morgan fingerprint density at radius 2 is 1.97 bits per heavy atom. The molecule has 3 aromatic rings. The van der Waals surface area contributed by atoms with Gasteiger partial charge in [-0.2, -0.15) is 10.4 Å². The molecule has 3 heterocycles. The molecular weight excluding hydrogens is 433 g/mol. The van der Waals surface area contributed by atoms with Gasteiger partial charge in [0.1, 0.15) is 11.6 Å². The van der Waals surface area contributed by atoms with Crippen LogP contribution in [0, 0.1) is 17.1 Å². The molecule has 0 saturated heterocycles.